The Balaban J connectivity index is 1.82. The van der Waals surface area contributed by atoms with Crippen LogP contribution < -0.4 is 0 Å². The highest BCUT2D eigenvalue weighted by molar-refractivity contribution is 5.93. The molecule has 1 atom stereocenters. The average molecular weight is 466 g/mol. The Bertz CT molecular complexity index is 1020. The van der Waals surface area contributed by atoms with Crippen LogP contribution in [-0.2, 0) is 25.6 Å². The van der Waals surface area contributed by atoms with Crippen molar-refractivity contribution in [2.45, 2.75) is 44.9 Å². The van der Waals surface area contributed by atoms with Crippen molar-refractivity contribution >= 4 is 23.6 Å². The summed E-state index contributed by atoms with van der Waals surface area (Å²) in [6.07, 6.45) is 2.54. The maximum Gasteiger partial charge on any atom is 0.323 e. The summed E-state index contributed by atoms with van der Waals surface area (Å²) < 4.78 is 0. The van der Waals surface area contributed by atoms with Gasteiger partial charge in [0.1, 0.15) is 12.3 Å². The van der Waals surface area contributed by atoms with Gasteiger partial charge in [-0.2, -0.15) is 0 Å². The van der Waals surface area contributed by atoms with E-state index in [0.717, 1.165) is 34.4 Å². The zero-order chi connectivity index (χ0) is 24.7. The third kappa shape index (κ3) is 6.31. The number of carboxylic acid groups (broad SMARTS) is 2. The molecule has 2 aromatic rings. The third-order valence-corrected chi connectivity index (χ3v) is 6.71. The lowest BCUT2D eigenvalue weighted by molar-refractivity contribution is -0.148. The molecular weight excluding hydrogens is 434 g/mol. The molecule has 1 aliphatic rings. The highest BCUT2D eigenvalue weighted by Gasteiger charge is 2.44. The van der Waals surface area contributed by atoms with E-state index in [4.69, 9.17) is 5.11 Å². The lowest BCUT2D eigenvalue weighted by atomic mass is 9.74. The van der Waals surface area contributed by atoms with E-state index in [-0.39, 0.29) is 25.0 Å². The number of ketones is 1. The zero-order valence-corrected chi connectivity index (χ0v) is 19.4. The fourth-order valence-corrected chi connectivity index (χ4v) is 4.92. The second-order valence-electron chi connectivity index (χ2n) is 9.24. The first-order valence-electron chi connectivity index (χ1n) is 11.6. The summed E-state index contributed by atoms with van der Waals surface area (Å²) in [6.45, 7) is -0.462. The molecule has 0 bridgehead atoms. The van der Waals surface area contributed by atoms with Crippen molar-refractivity contribution in [3.05, 3.63) is 60.2 Å². The molecule has 3 rings (SSSR count). The van der Waals surface area contributed by atoms with Crippen molar-refractivity contribution < 1.29 is 29.4 Å². The van der Waals surface area contributed by atoms with Gasteiger partial charge in [-0.25, -0.2) is 0 Å². The van der Waals surface area contributed by atoms with Crippen LogP contribution in [0.3, 0.4) is 0 Å². The van der Waals surface area contributed by atoms with Gasteiger partial charge in [0.05, 0.1) is 6.42 Å². The summed E-state index contributed by atoms with van der Waals surface area (Å²) >= 11 is 0. The smallest absolute Gasteiger partial charge is 0.323 e. The Kier molecular flexibility index (Phi) is 8.21. The number of nitrogens with zero attached hydrogens (tertiary/aromatic N) is 1. The van der Waals surface area contributed by atoms with Crippen LogP contribution in [0, 0.1) is 11.3 Å². The van der Waals surface area contributed by atoms with Crippen LogP contribution >= 0.6 is 0 Å². The second-order valence-corrected chi connectivity index (χ2v) is 9.24. The number of likely N-dealkylation sites (N-methyl/N-ethyl adjacent to an activating group) is 1. The van der Waals surface area contributed by atoms with Gasteiger partial charge in [0, 0.05) is 24.8 Å². The average Bonchev–Trinajstić information content (AvgIpc) is 3.28. The quantitative estimate of drug-likeness (QED) is 0.518. The first kappa shape index (κ1) is 25.1. The Hall–Kier alpha value is -3.48. The van der Waals surface area contributed by atoms with Gasteiger partial charge in [-0.1, -0.05) is 67.4 Å². The third-order valence-electron chi connectivity index (χ3n) is 6.71. The topological polar surface area (TPSA) is 112 Å². The molecule has 180 valence electrons. The van der Waals surface area contributed by atoms with Crippen LogP contribution in [0.4, 0.5) is 0 Å². The Morgan fingerprint density at radius 2 is 1.47 bits per heavy atom. The molecule has 0 radical (unpaired) electrons. The lowest BCUT2D eigenvalue weighted by Crippen LogP contribution is -2.40. The molecule has 7 nitrogen and oxygen atoms in total. The van der Waals surface area contributed by atoms with Crippen molar-refractivity contribution in [3.8, 4) is 11.1 Å². The van der Waals surface area contributed by atoms with Crippen LogP contribution in [-0.4, -0.2) is 52.3 Å². The Labute approximate surface area is 199 Å². The first-order valence-corrected chi connectivity index (χ1v) is 11.6. The van der Waals surface area contributed by atoms with Gasteiger partial charge in [-0.3, -0.25) is 19.2 Å². The molecule has 7 heteroatoms. The highest BCUT2D eigenvalue weighted by atomic mass is 16.4. The second kappa shape index (κ2) is 11.1. The van der Waals surface area contributed by atoms with Crippen LogP contribution in [0.15, 0.2) is 54.6 Å². The van der Waals surface area contributed by atoms with Crippen molar-refractivity contribution in [1.82, 2.24) is 4.90 Å². The van der Waals surface area contributed by atoms with Gasteiger partial charge in [-0.05, 0) is 36.0 Å². The highest BCUT2D eigenvalue weighted by Crippen LogP contribution is 2.43. The van der Waals surface area contributed by atoms with E-state index in [9.17, 15) is 24.3 Å². The van der Waals surface area contributed by atoms with Crippen LogP contribution in [0.5, 0.6) is 0 Å². The number of aliphatic carboxylic acids is 2. The van der Waals surface area contributed by atoms with Crippen LogP contribution in [0.25, 0.3) is 11.1 Å². The number of rotatable bonds is 11. The summed E-state index contributed by atoms with van der Waals surface area (Å²) in [4.78, 5) is 50.2. The number of carbonyl (C=O) groups is 4. The van der Waals surface area contributed by atoms with Gasteiger partial charge < -0.3 is 15.1 Å². The van der Waals surface area contributed by atoms with Crippen LogP contribution in [0.1, 0.15) is 44.1 Å². The number of carboxylic acids is 2. The molecule has 1 saturated carbocycles. The number of amides is 1. The van der Waals surface area contributed by atoms with Crippen molar-refractivity contribution in [2.75, 3.05) is 13.6 Å². The first-order chi connectivity index (χ1) is 16.2. The normalized spacial score (nSPS) is 15.4. The molecule has 0 aromatic heterocycles. The molecule has 1 fully saturated rings. The summed E-state index contributed by atoms with van der Waals surface area (Å²) in [6, 6.07) is 17.6. The van der Waals surface area contributed by atoms with E-state index in [1.54, 1.807) is 0 Å². The van der Waals surface area contributed by atoms with Gasteiger partial charge in [0.25, 0.3) is 0 Å². The molecule has 2 aromatic carbocycles. The largest absolute Gasteiger partial charge is 0.481 e. The SMILES string of the molecule is CN(CC(=O)O)C(=O)[C@@H](CC(=O)C1(CC(=O)O)CCCC1)Cc1ccc(-c2ccccc2)cc1. The summed E-state index contributed by atoms with van der Waals surface area (Å²) in [7, 11) is 1.41. The maximum atomic E-state index is 13.3. The minimum atomic E-state index is -1.13. The van der Waals surface area contributed by atoms with Gasteiger partial charge in [0.15, 0.2) is 0 Å². The van der Waals surface area contributed by atoms with E-state index in [0.29, 0.717) is 12.8 Å². The molecule has 0 spiro atoms. The predicted molar refractivity (Wildman–Crippen MR) is 127 cm³/mol. The van der Waals surface area contributed by atoms with Crippen molar-refractivity contribution in [2.24, 2.45) is 11.3 Å². The zero-order valence-electron chi connectivity index (χ0n) is 19.4. The number of hydrogen-bond donors (Lipinski definition) is 2. The van der Waals surface area contributed by atoms with E-state index in [2.05, 4.69) is 0 Å². The number of benzene rings is 2. The minimum absolute atomic E-state index is 0.101. The molecular formula is C27H31NO6. The van der Waals surface area contributed by atoms with Gasteiger partial charge in [0.2, 0.25) is 5.91 Å². The number of hydrogen-bond acceptors (Lipinski definition) is 4. The fourth-order valence-electron chi connectivity index (χ4n) is 4.92. The van der Waals surface area contributed by atoms with E-state index < -0.39 is 35.7 Å². The lowest BCUT2D eigenvalue weighted by Gasteiger charge is -2.29. The molecule has 0 heterocycles. The monoisotopic (exact) mass is 465 g/mol. The molecule has 0 saturated heterocycles. The molecule has 2 N–H and O–H groups in total. The fraction of sp³-hybridized carbons (Fsp3) is 0.407. The predicted octanol–water partition coefficient (Wildman–Crippen LogP) is 4.05. The molecule has 34 heavy (non-hydrogen) atoms. The molecule has 0 aliphatic heterocycles. The number of Topliss-reactive ketones (excluding diaryl/α,β-unsaturated/α-hetero) is 1. The van der Waals surface area contributed by atoms with Gasteiger partial charge in [-0.15, -0.1) is 0 Å². The Morgan fingerprint density at radius 3 is 2.03 bits per heavy atom. The minimum Gasteiger partial charge on any atom is -0.481 e. The molecule has 0 unspecified atom stereocenters. The van der Waals surface area contributed by atoms with Crippen molar-refractivity contribution in [3.63, 3.8) is 0 Å². The molecule has 1 amide bonds. The maximum absolute atomic E-state index is 13.3. The van der Waals surface area contributed by atoms with E-state index in [1.165, 1.54) is 7.05 Å². The van der Waals surface area contributed by atoms with E-state index >= 15 is 0 Å². The van der Waals surface area contributed by atoms with E-state index in [1.807, 2.05) is 54.6 Å². The van der Waals surface area contributed by atoms with Crippen LogP contribution in [0.2, 0.25) is 0 Å². The van der Waals surface area contributed by atoms with Gasteiger partial charge >= 0.3 is 11.9 Å². The summed E-state index contributed by atoms with van der Waals surface area (Å²) in [5, 5.41) is 18.5. The van der Waals surface area contributed by atoms with Crippen molar-refractivity contribution in [1.29, 1.82) is 0 Å². The summed E-state index contributed by atoms with van der Waals surface area (Å²) in [5.74, 6) is -3.55. The Morgan fingerprint density at radius 1 is 0.882 bits per heavy atom. The molecule has 1 aliphatic carbocycles. The number of carbonyl (C=O) groups excluding carboxylic acids is 2. The summed E-state index contributed by atoms with van der Waals surface area (Å²) in [5.41, 5.74) is 2.01. The standard InChI is InChI=1S/C27H31NO6/c1-28(18-25(32)33)26(34)22(16-23(29)27(17-24(30)31)13-5-6-14-27)15-19-9-11-21(12-10-19)20-7-3-2-4-8-20/h2-4,7-12,22H,5-6,13-18H2,1H3,(H,30,31)(H,32,33)/t22-/m1/s1.